The summed E-state index contributed by atoms with van der Waals surface area (Å²) >= 11 is 0. The number of hydrogen-bond donors (Lipinski definition) is 3. The Kier molecular flexibility index (Phi) is 5.25. The standard InChI is InChI=1S/C19H23F2N7O3/c1-10-7-11(25-16-14(31-2)15(22)23-9-24-16)18(30)28-13(10)17(29)26-19(28)3-5-27(6-4-19)8-12(20)21/h7,9,12H,3-6,8H2,1-2H3,(H,26,29)(H3,22,23,24,25). The van der Waals surface area contributed by atoms with Crippen LogP contribution < -0.4 is 26.7 Å². The molecule has 166 valence electrons. The number of nitrogens with one attached hydrogen (secondary N) is 2. The fourth-order valence-electron chi connectivity index (χ4n) is 4.30. The van der Waals surface area contributed by atoms with E-state index in [0.717, 1.165) is 0 Å². The molecule has 10 nitrogen and oxygen atoms in total. The number of hydrogen-bond acceptors (Lipinski definition) is 8. The molecule has 4 rings (SSSR count). The number of nitrogens with zero attached hydrogens (tertiary/aromatic N) is 4. The Bertz CT molecular complexity index is 1080. The van der Waals surface area contributed by atoms with E-state index in [1.807, 2.05) is 0 Å². The van der Waals surface area contributed by atoms with Gasteiger partial charge in [-0.3, -0.25) is 19.1 Å². The number of nitrogen functional groups attached to an aromatic ring is 1. The number of fused-ring (bicyclic) bond motifs is 2. The molecule has 2 aliphatic rings. The summed E-state index contributed by atoms with van der Waals surface area (Å²) in [5.41, 5.74) is 5.46. The van der Waals surface area contributed by atoms with Gasteiger partial charge in [0.15, 0.2) is 11.6 Å². The molecule has 4 N–H and O–H groups in total. The van der Waals surface area contributed by atoms with Crippen LogP contribution in [0.4, 0.5) is 26.1 Å². The first-order valence-corrected chi connectivity index (χ1v) is 9.77. The first kappa shape index (κ1) is 21.0. The lowest BCUT2D eigenvalue weighted by Crippen LogP contribution is -2.55. The Morgan fingerprint density at radius 3 is 2.68 bits per heavy atom. The lowest BCUT2D eigenvalue weighted by atomic mass is 9.96. The fraction of sp³-hybridized carbons (Fsp3) is 0.474. The van der Waals surface area contributed by atoms with Crippen molar-refractivity contribution in [3.05, 3.63) is 34.0 Å². The number of rotatable bonds is 5. The molecule has 12 heteroatoms. The number of ether oxygens (including phenoxy) is 1. The van der Waals surface area contributed by atoms with Crippen molar-refractivity contribution in [2.24, 2.45) is 0 Å². The number of likely N-dealkylation sites (tertiary alicyclic amines) is 1. The second kappa shape index (κ2) is 7.76. The van der Waals surface area contributed by atoms with Gasteiger partial charge < -0.3 is 21.1 Å². The van der Waals surface area contributed by atoms with Crippen LogP contribution in [0.5, 0.6) is 5.75 Å². The highest BCUT2D eigenvalue weighted by Crippen LogP contribution is 2.35. The van der Waals surface area contributed by atoms with E-state index in [0.29, 0.717) is 31.5 Å². The third-order valence-electron chi connectivity index (χ3n) is 5.75. The third-order valence-corrected chi connectivity index (χ3v) is 5.75. The van der Waals surface area contributed by atoms with Crippen molar-refractivity contribution in [2.75, 3.05) is 37.8 Å². The zero-order valence-corrected chi connectivity index (χ0v) is 17.1. The molecule has 1 fully saturated rings. The topological polar surface area (TPSA) is 127 Å². The van der Waals surface area contributed by atoms with Crippen LogP contribution in [0.3, 0.4) is 0 Å². The number of anilines is 3. The van der Waals surface area contributed by atoms with Crippen LogP contribution in [0.2, 0.25) is 0 Å². The summed E-state index contributed by atoms with van der Waals surface area (Å²) in [4.78, 5) is 35.7. The Morgan fingerprint density at radius 1 is 1.32 bits per heavy atom. The number of nitrogens with two attached hydrogens (primary N) is 1. The molecule has 0 unspecified atom stereocenters. The highest BCUT2D eigenvalue weighted by Gasteiger charge is 2.46. The number of carbonyl (C=O) groups is 1. The number of amides is 1. The van der Waals surface area contributed by atoms with Gasteiger partial charge in [0.25, 0.3) is 17.9 Å². The number of pyridine rings is 1. The van der Waals surface area contributed by atoms with Crippen molar-refractivity contribution in [1.29, 1.82) is 0 Å². The lowest BCUT2D eigenvalue weighted by molar-refractivity contribution is 0.0391. The van der Waals surface area contributed by atoms with Gasteiger partial charge in [-0.25, -0.2) is 18.7 Å². The first-order valence-electron chi connectivity index (χ1n) is 9.77. The van der Waals surface area contributed by atoms with Crippen molar-refractivity contribution in [3.63, 3.8) is 0 Å². The zero-order valence-electron chi connectivity index (χ0n) is 17.1. The minimum absolute atomic E-state index is 0.109. The van der Waals surface area contributed by atoms with E-state index in [-0.39, 0.29) is 41.2 Å². The normalized spacial score (nSPS) is 17.6. The number of piperidine rings is 1. The van der Waals surface area contributed by atoms with Gasteiger partial charge in [0, 0.05) is 25.9 Å². The molecule has 0 saturated carbocycles. The summed E-state index contributed by atoms with van der Waals surface area (Å²) in [6.45, 7) is 2.07. The van der Waals surface area contributed by atoms with Crippen molar-refractivity contribution < 1.29 is 18.3 Å². The first-order chi connectivity index (χ1) is 14.8. The van der Waals surface area contributed by atoms with Crippen molar-refractivity contribution in [2.45, 2.75) is 31.9 Å². The van der Waals surface area contributed by atoms with E-state index in [1.165, 1.54) is 18.0 Å². The molecular weight excluding hydrogens is 412 g/mol. The van der Waals surface area contributed by atoms with Crippen LogP contribution >= 0.6 is 0 Å². The summed E-state index contributed by atoms with van der Waals surface area (Å²) in [5, 5.41) is 5.86. The maximum Gasteiger partial charge on any atom is 0.276 e. The molecule has 1 amide bonds. The van der Waals surface area contributed by atoms with Crippen LogP contribution in [0.15, 0.2) is 17.2 Å². The SMILES string of the molecule is COc1c(N)ncnc1Nc1cc(C)c2n(c1=O)C1(CCN(CC(F)F)CC1)NC2=O. The average molecular weight is 435 g/mol. The minimum Gasteiger partial charge on any atom is -0.490 e. The van der Waals surface area contributed by atoms with E-state index in [9.17, 15) is 18.4 Å². The van der Waals surface area contributed by atoms with Crippen LogP contribution in [0.1, 0.15) is 28.9 Å². The second-order valence-electron chi connectivity index (χ2n) is 7.67. The van der Waals surface area contributed by atoms with Crippen molar-refractivity contribution in [1.82, 2.24) is 24.8 Å². The molecule has 0 aliphatic carbocycles. The Hall–Kier alpha value is -3.28. The maximum absolute atomic E-state index is 13.4. The predicted octanol–water partition coefficient (Wildman–Crippen LogP) is 1.04. The number of aryl methyl sites for hydroxylation is 1. The lowest BCUT2D eigenvalue weighted by Gasteiger charge is -2.40. The highest BCUT2D eigenvalue weighted by molar-refractivity contribution is 5.97. The number of methoxy groups -OCH3 is 1. The van der Waals surface area contributed by atoms with E-state index >= 15 is 0 Å². The van der Waals surface area contributed by atoms with Gasteiger partial charge in [-0.1, -0.05) is 0 Å². The number of carbonyl (C=O) groups excluding carboxylic acids is 1. The van der Waals surface area contributed by atoms with Crippen LogP contribution in [-0.2, 0) is 5.66 Å². The van der Waals surface area contributed by atoms with Gasteiger partial charge >= 0.3 is 0 Å². The molecule has 2 aromatic heterocycles. The molecule has 0 atom stereocenters. The van der Waals surface area contributed by atoms with Gasteiger partial charge in [-0.2, -0.15) is 0 Å². The van der Waals surface area contributed by atoms with Gasteiger partial charge in [-0.05, 0) is 18.6 Å². The third kappa shape index (κ3) is 3.56. The Labute approximate surface area is 176 Å². The number of aromatic nitrogens is 3. The summed E-state index contributed by atoms with van der Waals surface area (Å²) in [6.07, 6.45) is -0.519. The quantitative estimate of drug-likeness (QED) is 0.636. The largest absolute Gasteiger partial charge is 0.490 e. The Balaban J connectivity index is 1.73. The summed E-state index contributed by atoms with van der Waals surface area (Å²) in [7, 11) is 1.41. The Morgan fingerprint density at radius 2 is 2.03 bits per heavy atom. The van der Waals surface area contributed by atoms with Crippen LogP contribution in [-0.4, -0.2) is 58.5 Å². The summed E-state index contributed by atoms with van der Waals surface area (Å²) in [6, 6.07) is 1.57. The van der Waals surface area contributed by atoms with E-state index in [1.54, 1.807) is 17.9 Å². The van der Waals surface area contributed by atoms with Gasteiger partial charge in [0.05, 0.1) is 13.7 Å². The fourth-order valence-corrected chi connectivity index (χ4v) is 4.30. The zero-order chi connectivity index (χ0) is 22.3. The average Bonchev–Trinajstić information content (AvgIpc) is 3.00. The van der Waals surface area contributed by atoms with E-state index in [4.69, 9.17) is 10.5 Å². The number of alkyl halides is 2. The summed E-state index contributed by atoms with van der Waals surface area (Å²) < 4.78 is 32.2. The van der Waals surface area contributed by atoms with Crippen LogP contribution in [0, 0.1) is 6.92 Å². The van der Waals surface area contributed by atoms with E-state index in [2.05, 4.69) is 20.6 Å². The monoisotopic (exact) mass is 435 g/mol. The van der Waals surface area contributed by atoms with Crippen molar-refractivity contribution in [3.8, 4) is 5.75 Å². The molecule has 0 radical (unpaired) electrons. The van der Waals surface area contributed by atoms with Gasteiger partial charge in [-0.15, -0.1) is 0 Å². The molecule has 4 heterocycles. The minimum atomic E-state index is -2.43. The smallest absolute Gasteiger partial charge is 0.276 e. The molecule has 2 aromatic rings. The van der Waals surface area contributed by atoms with Crippen LogP contribution in [0.25, 0.3) is 0 Å². The molecule has 0 bridgehead atoms. The van der Waals surface area contributed by atoms with Gasteiger partial charge in [0.2, 0.25) is 5.75 Å². The molecular formula is C19H23F2N7O3. The molecule has 31 heavy (non-hydrogen) atoms. The van der Waals surface area contributed by atoms with Gasteiger partial charge in [0.1, 0.15) is 23.4 Å². The maximum atomic E-state index is 13.4. The highest BCUT2D eigenvalue weighted by atomic mass is 19.3. The molecule has 1 saturated heterocycles. The molecule has 2 aliphatic heterocycles. The second-order valence-corrected chi connectivity index (χ2v) is 7.67. The molecule has 0 aromatic carbocycles. The number of halogens is 2. The van der Waals surface area contributed by atoms with E-state index < -0.39 is 17.6 Å². The van der Waals surface area contributed by atoms with Crippen molar-refractivity contribution >= 4 is 23.2 Å². The predicted molar refractivity (Wildman–Crippen MR) is 109 cm³/mol. The summed E-state index contributed by atoms with van der Waals surface area (Å²) in [5.74, 6) is 0.157. The molecule has 1 spiro atoms.